The third kappa shape index (κ3) is 4.69. The van der Waals surface area contributed by atoms with Gasteiger partial charge in [0.15, 0.2) is 11.0 Å². The van der Waals surface area contributed by atoms with Gasteiger partial charge in [0.05, 0.1) is 10.6 Å². The average molecular weight is 402 g/mol. The number of thiophene rings is 1. The number of amides is 2. The molecule has 0 unspecified atom stereocenters. The summed E-state index contributed by atoms with van der Waals surface area (Å²) in [7, 11) is 0. The zero-order valence-corrected chi connectivity index (χ0v) is 15.7. The second-order valence-electron chi connectivity index (χ2n) is 5.36. The topological polar surface area (TPSA) is 76.9 Å². The van der Waals surface area contributed by atoms with Crippen molar-refractivity contribution in [1.82, 2.24) is 20.1 Å². The van der Waals surface area contributed by atoms with Gasteiger partial charge in [0.25, 0.3) is 5.91 Å². The van der Waals surface area contributed by atoms with E-state index in [4.69, 9.17) is 0 Å². The van der Waals surface area contributed by atoms with Crippen molar-refractivity contribution in [2.45, 2.75) is 11.7 Å². The highest BCUT2D eigenvalue weighted by molar-refractivity contribution is 7.99. The first kappa shape index (κ1) is 19.0. The van der Waals surface area contributed by atoms with Gasteiger partial charge >= 0.3 is 0 Å². The summed E-state index contributed by atoms with van der Waals surface area (Å²) >= 11 is 2.42. The van der Waals surface area contributed by atoms with Crippen LogP contribution in [0.2, 0.25) is 0 Å². The summed E-state index contributed by atoms with van der Waals surface area (Å²) in [4.78, 5) is 24.4. The van der Waals surface area contributed by atoms with Crippen LogP contribution in [0.1, 0.15) is 9.67 Å². The maximum absolute atomic E-state index is 13.1. The lowest BCUT2D eigenvalue weighted by atomic mass is 10.2. The van der Waals surface area contributed by atoms with E-state index in [9.17, 15) is 14.0 Å². The number of allylic oxidation sites excluding steroid dienone is 1. The molecular formula is C18H15FN4O2S2. The molecule has 138 valence electrons. The fraction of sp³-hybridized carbons (Fsp3) is 0.111. The Morgan fingerprint density at radius 3 is 2.70 bits per heavy atom. The number of halogens is 1. The van der Waals surface area contributed by atoms with Gasteiger partial charge in [0, 0.05) is 12.1 Å². The fourth-order valence-corrected chi connectivity index (χ4v) is 3.63. The molecule has 0 aliphatic rings. The molecule has 0 fully saturated rings. The maximum Gasteiger partial charge on any atom is 0.267 e. The second-order valence-corrected chi connectivity index (χ2v) is 7.25. The lowest BCUT2D eigenvalue weighted by molar-refractivity contribution is -0.117. The largest absolute Gasteiger partial charge is 0.298 e. The number of hydrogen-bond acceptors (Lipinski definition) is 6. The SMILES string of the molecule is C=CCn1c(SCC(=O)NC(=O)c2cccs2)nnc1-c1ccc(F)cc1. The van der Waals surface area contributed by atoms with Crippen molar-refractivity contribution in [3.8, 4) is 11.4 Å². The number of aromatic nitrogens is 3. The molecule has 6 nitrogen and oxygen atoms in total. The molecule has 0 aliphatic heterocycles. The maximum atomic E-state index is 13.1. The molecule has 27 heavy (non-hydrogen) atoms. The Labute approximate surface area is 163 Å². The first-order chi connectivity index (χ1) is 13.1. The van der Waals surface area contributed by atoms with Crippen LogP contribution in [0.25, 0.3) is 11.4 Å². The molecule has 1 aromatic carbocycles. The van der Waals surface area contributed by atoms with Crippen LogP contribution in [0.3, 0.4) is 0 Å². The molecule has 0 radical (unpaired) electrons. The Kier molecular flexibility index (Phi) is 6.15. The fourth-order valence-electron chi connectivity index (χ4n) is 2.26. The molecule has 0 spiro atoms. The number of carbonyl (C=O) groups excluding carboxylic acids is 2. The van der Waals surface area contributed by atoms with Crippen molar-refractivity contribution in [3.63, 3.8) is 0 Å². The van der Waals surface area contributed by atoms with Crippen LogP contribution in [0, 0.1) is 5.82 Å². The van der Waals surface area contributed by atoms with Gasteiger partial charge in [-0.3, -0.25) is 19.5 Å². The van der Waals surface area contributed by atoms with E-state index in [0.717, 1.165) is 11.8 Å². The quantitative estimate of drug-likeness (QED) is 0.484. The molecule has 0 atom stereocenters. The standard InChI is InChI=1S/C18H15FN4O2S2/c1-2-9-23-16(12-5-7-13(19)8-6-12)21-22-18(23)27-11-15(24)20-17(25)14-4-3-10-26-14/h2-8,10H,1,9,11H2,(H,20,24,25). The van der Waals surface area contributed by atoms with Crippen LogP contribution in [0.5, 0.6) is 0 Å². The molecule has 0 aliphatic carbocycles. The molecule has 0 bridgehead atoms. The zero-order chi connectivity index (χ0) is 19.2. The minimum Gasteiger partial charge on any atom is -0.298 e. The highest BCUT2D eigenvalue weighted by Gasteiger charge is 2.16. The number of nitrogens with zero attached hydrogens (tertiary/aromatic N) is 3. The summed E-state index contributed by atoms with van der Waals surface area (Å²) in [5.74, 6) is -0.622. The minimum absolute atomic E-state index is 0.00973. The Morgan fingerprint density at radius 2 is 2.04 bits per heavy atom. The Morgan fingerprint density at radius 1 is 1.26 bits per heavy atom. The number of hydrogen-bond donors (Lipinski definition) is 1. The van der Waals surface area contributed by atoms with Crippen molar-refractivity contribution in [3.05, 3.63) is 65.1 Å². The third-order valence-corrected chi connectivity index (χ3v) is 5.30. The van der Waals surface area contributed by atoms with Gasteiger partial charge in [-0.05, 0) is 35.7 Å². The molecule has 3 aromatic rings. The monoisotopic (exact) mass is 402 g/mol. The number of benzene rings is 1. The summed E-state index contributed by atoms with van der Waals surface area (Å²) in [5.41, 5.74) is 0.704. The van der Waals surface area contributed by atoms with Gasteiger partial charge in [-0.1, -0.05) is 23.9 Å². The Bertz CT molecular complexity index is 952. The lowest BCUT2D eigenvalue weighted by Gasteiger charge is -2.07. The minimum atomic E-state index is -0.421. The lowest BCUT2D eigenvalue weighted by Crippen LogP contribution is -2.31. The summed E-state index contributed by atoms with van der Waals surface area (Å²) in [5, 5.41) is 12.9. The highest BCUT2D eigenvalue weighted by Crippen LogP contribution is 2.24. The highest BCUT2D eigenvalue weighted by atomic mass is 32.2. The number of carbonyl (C=O) groups is 2. The van der Waals surface area contributed by atoms with Gasteiger partial charge < -0.3 is 0 Å². The molecular weight excluding hydrogens is 387 g/mol. The predicted octanol–water partition coefficient (Wildman–Crippen LogP) is 3.38. The Balaban J connectivity index is 1.69. The van der Waals surface area contributed by atoms with Gasteiger partial charge in [-0.25, -0.2) is 4.39 Å². The first-order valence-electron chi connectivity index (χ1n) is 7.89. The van der Waals surface area contributed by atoms with Crippen LogP contribution in [0.15, 0.2) is 59.6 Å². The number of nitrogens with one attached hydrogen (secondary N) is 1. The van der Waals surface area contributed by atoms with E-state index in [-0.39, 0.29) is 11.6 Å². The normalized spacial score (nSPS) is 10.6. The van der Waals surface area contributed by atoms with Crippen LogP contribution in [-0.4, -0.2) is 32.3 Å². The van der Waals surface area contributed by atoms with E-state index in [0.29, 0.717) is 28.0 Å². The summed E-state index contributed by atoms with van der Waals surface area (Å²) < 4.78 is 14.9. The molecule has 2 heterocycles. The molecule has 0 saturated heterocycles. The van der Waals surface area contributed by atoms with Crippen LogP contribution >= 0.6 is 23.1 Å². The van der Waals surface area contributed by atoms with E-state index < -0.39 is 11.8 Å². The number of thioether (sulfide) groups is 1. The van der Waals surface area contributed by atoms with Crippen molar-refractivity contribution in [1.29, 1.82) is 0 Å². The van der Waals surface area contributed by atoms with Gasteiger partial charge in [-0.15, -0.1) is 28.1 Å². The molecule has 9 heteroatoms. The van der Waals surface area contributed by atoms with Crippen LogP contribution in [0.4, 0.5) is 4.39 Å². The summed E-state index contributed by atoms with van der Waals surface area (Å²) in [6, 6.07) is 9.31. The summed E-state index contributed by atoms with van der Waals surface area (Å²) in [6.45, 7) is 4.15. The van der Waals surface area contributed by atoms with Crippen LogP contribution < -0.4 is 5.32 Å². The van der Waals surface area contributed by atoms with E-state index in [1.807, 2.05) is 0 Å². The van der Waals surface area contributed by atoms with Crippen molar-refractivity contribution in [2.24, 2.45) is 0 Å². The van der Waals surface area contributed by atoms with E-state index in [1.54, 1.807) is 40.3 Å². The van der Waals surface area contributed by atoms with Gasteiger partial charge in [0.2, 0.25) is 5.91 Å². The van der Waals surface area contributed by atoms with Crippen LogP contribution in [-0.2, 0) is 11.3 Å². The van der Waals surface area contributed by atoms with Gasteiger partial charge in [0.1, 0.15) is 5.82 Å². The van der Waals surface area contributed by atoms with E-state index in [1.165, 1.54) is 23.5 Å². The van der Waals surface area contributed by atoms with E-state index in [2.05, 4.69) is 22.1 Å². The molecule has 1 N–H and O–H groups in total. The molecule has 3 rings (SSSR count). The first-order valence-corrected chi connectivity index (χ1v) is 9.75. The zero-order valence-electron chi connectivity index (χ0n) is 14.1. The van der Waals surface area contributed by atoms with Crippen molar-refractivity contribution < 1.29 is 14.0 Å². The third-order valence-electron chi connectivity index (χ3n) is 3.46. The molecule has 2 amide bonds. The van der Waals surface area contributed by atoms with Gasteiger partial charge in [-0.2, -0.15) is 0 Å². The van der Waals surface area contributed by atoms with Crippen molar-refractivity contribution >= 4 is 34.9 Å². The molecule has 0 saturated carbocycles. The predicted molar refractivity (Wildman–Crippen MR) is 103 cm³/mol. The summed E-state index contributed by atoms with van der Waals surface area (Å²) in [6.07, 6.45) is 1.68. The van der Waals surface area contributed by atoms with E-state index >= 15 is 0 Å². The Hall–Kier alpha value is -2.78. The average Bonchev–Trinajstić information content (AvgIpc) is 3.31. The molecule has 2 aromatic heterocycles. The smallest absolute Gasteiger partial charge is 0.267 e. The second kappa shape index (κ2) is 8.74. The number of imide groups is 1. The van der Waals surface area contributed by atoms with Crippen molar-refractivity contribution in [2.75, 3.05) is 5.75 Å². The number of rotatable bonds is 7.